The molecule has 17 heavy (non-hydrogen) atoms. The van der Waals surface area contributed by atoms with Crippen LogP contribution < -0.4 is 4.74 Å². The standard InChI is InChI=1S/C13H18N2O2/c1-10(2)17-12-7-11(8-14-9-12)13(16)15-5-3-4-6-15/h7-10H,3-6H2,1-2H3. The summed E-state index contributed by atoms with van der Waals surface area (Å²) in [5, 5.41) is 0. The van der Waals surface area contributed by atoms with Crippen LogP contribution in [0.5, 0.6) is 5.75 Å². The normalized spacial score (nSPS) is 15.4. The summed E-state index contributed by atoms with van der Waals surface area (Å²) in [5.41, 5.74) is 0.616. The number of rotatable bonds is 3. The molecule has 0 N–H and O–H groups in total. The fraction of sp³-hybridized carbons (Fsp3) is 0.538. The van der Waals surface area contributed by atoms with Gasteiger partial charge in [-0.15, -0.1) is 0 Å². The van der Waals surface area contributed by atoms with Gasteiger partial charge in [-0.1, -0.05) is 0 Å². The number of carbonyl (C=O) groups is 1. The van der Waals surface area contributed by atoms with E-state index in [1.54, 1.807) is 18.5 Å². The molecule has 1 aromatic heterocycles. The van der Waals surface area contributed by atoms with Crippen LogP contribution in [0, 0.1) is 0 Å². The molecule has 2 rings (SSSR count). The topological polar surface area (TPSA) is 42.4 Å². The fourth-order valence-corrected chi connectivity index (χ4v) is 1.98. The molecule has 4 nitrogen and oxygen atoms in total. The van der Waals surface area contributed by atoms with Gasteiger partial charge >= 0.3 is 0 Å². The average Bonchev–Trinajstić information content (AvgIpc) is 2.81. The minimum atomic E-state index is 0.0595. The van der Waals surface area contributed by atoms with Gasteiger partial charge in [0.05, 0.1) is 17.9 Å². The number of carbonyl (C=O) groups excluding carboxylic acids is 1. The smallest absolute Gasteiger partial charge is 0.255 e. The predicted molar refractivity (Wildman–Crippen MR) is 65.1 cm³/mol. The van der Waals surface area contributed by atoms with E-state index in [9.17, 15) is 4.79 Å². The molecule has 1 fully saturated rings. The number of amides is 1. The summed E-state index contributed by atoms with van der Waals surface area (Å²) in [6.45, 7) is 5.62. The highest BCUT2D eigenvalue weighted by molar-refractivity contribution is 5.94. The molecule has 0 aliphatic carbocycles. The van der Waals surface area contributed by atoms with Gasteiger partial charge in [-0.05, 0) is 32.8 Å². The molecule has 1 aliphatic heterocycles. The Labute approximate surface area is 102 Å². The summed E-state index contributed by atoms with van der Waals surface area (Å²) in [6, 6.07) is 1.77. The molecule has 0 unspecified atom stereocenters. The second kappa shape index (κ2) is 5.17. The van der Waals surface area contributed by atoms with Gasteiger partial charge in [-0.3, -0.25) is 9.78 Å². The van der Waals surface area contributed by atoms with Gasteiger partial charge in [0.25, 0.3) is 5.91 Å². The summed E-state index contributed by atoms with van der Waals surface area (Å²) in [4.78, 5) is 18.0. The Morgan fingerprint density at radius 1 is 1.35 bits per heavy atom. The van der Waals surface area contributed by atoms with Crippen molar-refractivity contribution in [2.45, 2.75) is 32.8 Å². The Balaban J connectivity index is 2.12. The van der Waals surface area contributed by atoms with Crippen LogP contribution in [-0.2, 0) is 0 Å². The van der Waals surface area contributed by atoms with E-state index in [2.05, 4.69) is 4.98 Å². The molecule has 1 saturated heterocycles. The summed E-state index contributed by atoms with van der Waals surface area (Å²) < 4.78 is 5.53. The van der Waals surface area contributed by atoms with Gasteiger partial charge < -0.3 is 9.64 Å². The van der Waals surface area contributed by atoms with Crippen LogP contribution in [0.1, 0.15) is 37.0 Å². The molecule has 0 bridgehead atoms. The van der Waals surface area contributed by atoms with Crippen molar-refractivity contribution in [1.82, 2.24) is 9.88 Å². The first kappa shape index (κ1) is 11.9. The Morgan fingerprint density at radius 2 is 2.06 bits per heavy atom. The molecule has 4 heteroatoms. The summed E-state index contributed by atoms with van der Waals surface area (Å²) in [5.74, 6) is 0.717. The Morgan fingerprint density at radius 3 is 2.71 bits per heavy atom. The van der Waals surface area contributed by atoms with Gasteiger partial charge in [0.1, 0.15) is 5.75 Å². The van der Waals surface area contributed by atoms with Crippen molar-refractivity contribution >= 4 is 5.91 Å². The maximum absolute atomic E-state index is 12.1. The maximum atomic E-state index is 12.1. The Hall–Kier alpha value is -1.58. The highest BCUT2D eigenvalue weighted by atomic mass is 16.5. The molecular formula is C13H18N2O2. The highest BCUT2D eigenvalue weighted by Gasteiger charge is 2.20. The van der Waals surface area contributed by atoms with Crippen molar-refractivity contribution in [3.63, 3.8) is 0 Å². The van der Waals surface area contributed by atoms with Crippen LogP contribution in [0.2, 0.25) is 0 Å². The van der Waals surface area contributed by atoms with Crippen LogP contribution in [-0.4, -0.2) is 35.0 Å². The number of hydrogen-bond acceptors (Lipinski definition) is 3. The van der Waals surface area contributed by atoms with Crippen molar-refractivity contribution in [2.75, 3.05) is 13.1 Å². The monoisotopic (exact) mass is 234 g/mol. The van der Waals surface area contributed by atoms with E-state index < -0.39 is 0 Å². The van der Waals surface area contributed by atoms with E-state index in [0.29, 0.717) is 11.3 Å². The number of pyridine rings is 1. The van der Waals surface area contributed by atoms with Gasteiger partial charge in [-0.2, -0.15) is 0 Å². The third-order valence-corrected chi connectivity index (χ3v) is 2.73. The number of aromatic nitrogens is 1. The van der Waals surface area contributed by atoms with E-state index >= 15 is 0 Å². The Kier molecular flexibility index (Phi) is 3.61. The van der Waals surface area contributed by atoms with E-state index in [4.69, 9.17) is 4.74 Å². The second-order valence-corrected chi connectivity index (χ2v) is 4.58. The molecule has 92 valence electrons. The fourth-order valence-electron chi connectivity index (χ4n) is 1.98. The van der Waals surface area contributed by atoms with Gasteiger partial charge in [-0.25, -0.2) is 0 Å². The molecular weight excluding hydrogens is 216 g/mol. The maximum Gasteiger partial charge on any atom is 0.255 e. The van der Waals surface area contributed by atoms with Crippen LogP contribution in [0.4, 0.5) is 0 Å². The highest BCUT2D eigenvalue weighted by Crippen LogP contribution is 2.17. The first-order chi connectivity index (χ1) is 8.16. The summed E-state index contributed by atoms with van der Waals surface area (Å²) >= 11 is 0. The van der Waals surface area contributed by atoms with Crippen molar-refractivity contribution in [3.8, 4) is 5.75 Å². The molecule has 0 spiro atoms. The van der Waals surface area contributed by atoms with E-state index in [1.807, 2.05) is 18.7 Å². The lowest BCUT2D eigenvalue weighted by atomic mass is 10.2. The first-order valence-electron chi connectivity index (χ1n) is 6.08. The zero-order valence-electron chi connectivity index (χ0n) is 10.3. The van der Waals surface area contributed by atoms with Crippen molar-refractivity contribution in [1.29, 1.82) is 0 Å². The van der Waals surface area contributed by atoms with Crippen molar-refractivity contribution in [3.05, 3.63) is 24.0 Å². The van der Waals surface area contributed by atoms with Crippen LogP contribution in [0.3, 0.4) is 0 Å². The van der Waals surface area contributed by atoms with Crippen LogP contribution in [0.25, 0.3) is 0 Å². The molecule has 2 heterocycles. The number of likely N-dealkylation sites (tertiary alicyclic amines) is 1. The third-order valence-electron chi connectivity index (χ3n) is 2.73. The zero-order chi connectivity index (χ0) is 12.3. The minimum Gasteiger partial charge on any atom is -0.489 e. The average molecular weight is 234 g/mol. The minimum absolute atomic E-state index is 0.0595. The van der Waals surface area contributed by atoms with Crippen molar-refractivity contribution in [2.24, 2.45) is 0 Å². The van der Waals surface area contributed by atoms with Gasteiger partial charge in [0.15, 0.2) is 0 Å². The van der Waals surface area contributed by atoms with E-state index in [0.717, 1.165) is 25.9 Å². The Bertz CT molecular complexity index is 398. The number of nitrogens with zero attached hydrogens (tertiary/aromatic N) is 2. The van der Waals surface area contributed by atoms with Gasteiger partial charge in [0.2, 0.25) is 0 Å². The van der Waals surface area contributed by atoms with E-state index in [1.165, 1.54) is 0 Å². The number of ether oxygens (including phenoxy) is 1. The number of hydrogen-bond donors (Lipinski definition) is 0. The quantitative estimate of drug-likeness (QED) is 0.804. The summed E-state index contributed by atoms with van der Waals surface area (Å²) in [7, 11) is 0. The predicted octanol–water partition coefficient (Wildman–Crippen LogP) is 2.10. The molecule has 0 atom stereocenters. The molecule has 0 aromatic carbocycles. The third kappa shape index (κ3) is 2.96. The molecule has 0 saturated carbocycles. The lowest BCUT2D eigenvalue weighted by Crippen LogP contribution is -2.27. The van der Waals surface area contributed by atoms with E-state index in [-0.39, 0.29) is 12.0 Å². The lowest BCUT2D eigenvalue weighted by molar-refractivity contribution is 0.0791. The van der Waals surface area contributed by atoms with Crippen molar-refractivity contribution < 1.29 is 9.53 Å². The van der Waals surface area contributed by atoms with Crippen LogP contribution in [0.15, 0.2) is 18.5 Å². The zero-order valence-corrected chi connectivity index (χ0v) is 10.3. The van der Waals surface area contributed by atoms with Crippen LogP contribution >= 0.6 is 0 Å². The SMILES string of the molecule is CC(C)Oc1cncc(C(=O)N2CCCC2)c1. The van der Waals surface area contributed by atoms with Gasteiger partial charge in [0, 0.05) is 19.3 Å². The molecule has 1 aliphatic rings. The first-order valence-corrected chi connectivity index (χ1v) is 6.08. The molecule has 1 aromatic rings. The summed E-state index contributed by atoms with van der Waals surface area (Å²) in [6.07, 6.45) is 5.53. The largest absolute Gasteiger partial charge is 0.489 e. The molecule has 1 amide bonds. The lowest BCUT2D eigenvalue weighted by Gasteiger charge is -2.16. The second-order valence-electron chi connectivity index (χ2n) is 4.58. The molecule has 0 radical (unpaired) electrons.